The number of amides is 2. The highest BCUT2D eigenvalue weighted by molar-refractivity contribution is 5.74. The van der Waals surface area contributed by atoms with Crippen molar-refractivity contribution in [2.24, 2.45) is 5.73 Å². The van der Waals surface area contributed by atoms with Crippen LogP contribution in [0.2, 0.25) is 0 Å². The Morgan fingerprint density at radius 1 is 1.14 bits per heavy atom. The van der Waals surface area contributed by atoms with Gasteiger partial charge in [-0.3, -0.25) is 0 Å². The van der Waals surface area contributed by atoms with Crippen LogP contribution in [0.25, 0.3) is 0 Å². The van der Waals surface area contributed by atoms with Crippen LogP contribution in [0, 0.1) is 0 Å². The Labute approximate surface area is 126 Å². The molecule has 6 heteroatoms. The summed E-state index contributed by atoms with van der Waals surface area (Å²) in [5.74, 6) is 0. The van der Waals surface area contributed by atoms with Gasteiger partial charge in [0.25, 0.3) is 0 Å². The minimum atomic E-state index is -0.326. The SMILES string of the molecule is NCC[C@@H]1CC[C@@H](NC(=O)NC2CCCCC2)[C@H](CO)O1. The van der Waals surface area contributed by atoms with Crippen LogP contribution in [0.5, 0.6) is 0 Å². The molecule has 3 atom stereocenters. The Morgan fingerprint density at radius 2 is 1.90 bits per heavy atom. The number of ether oxygens (including phenoxy) is 1. The fourth-order valence-electron chi connectivity index (χ4n) is 3.34. The molecule has 21 heavy (non-hydrogen) atoms. The largest absolute Gasteiger partial charge is 0.394 e. The van der Waals surface area contributed by atoms with Gasteiger partial charge in [0.2, 0.25) is 0 Å². The van der Waals surface area contributed by atoms with E-state index in [9.17, 15) is 9.90 Å². The third-order valence-electron chi connectivity index (χ3n) is 4.54. The summed E-state index contributed by atoms with van der Waals surface area (Å²) in [6.07, 6.45) is 8.07. The maximum Gasteiger partial charge on any atom is 0.315 e. The smallest absolute Gasteiger partial charge is 0.315 e. The standard InChI is InChI=1S/C15H29N3O3/c16-9-8-12-6-7-13(14(10-19)21-12)18-15(20)17-11-4-2-1-3-5-11/h11-14,19H,1-10,16H2,(H2,17,18,20)/t12-,13+,14-/m0/s1. The molecule has 0 radical (unpaired) electrons. The molecule has 0 aromatic heterocycles. The first-order valence-electron chi connectivity index (χ1n) is 8.26. The van der Waals surface area contributed by atoms with Gasteiger partial charge in [-0.2, -0.15) is 0 Å². The van der Waals surface area contributed by atoms with E-state index < -0.39 is 0 Å². The van der Waals surface area contributed by atoms with Crippen LogP contribution >= 0.6 is 0 Å². The number of aliphatic hydroxyl groups is 1. The molecule has 2 fully saturated rings. The number of nitrogens with two attached hydrogens (primary N) is 1. The molecule has 1 aliphatic heterocycles. The first-order valence-corrected chi connectivity index (χ1v) is 8.26. The van der Waals surface area contributed by atoms with E-state index in [1.165, 1.54) is 19.3 Å². The number of rotatable bonds is 5. The van der Waals surface area contributed by atoms with Crippen LogP contribution in [0.3, 0.4) is 0 Å². The Bertz CT molecular complexity index is 321. The summed E-state index contributed by atoms with van der Waals surface area (Å²) in [6.45, 7) is 0.512. The van der Waals surface area contributed by atoms with Crippen molar-refractivity contribution in [3.8, 4) is 0 Å². The molecule has 0 spiro atoms. The molecule has 5 N–H and O–H groups in total. The van der Waals surface area contributed by atoms with Gasteiger partial charge < -0.3 is 26.2 Å². The lowest BCUT2D eigenvalue weighted by molar-refractivity contribution is -0.0884. The summed E-state index contributed by atoms with van der Waals surface area (Å²) in [7, 11) is 0. The molecule has 1 saturated carbocycles. The second kappa shape index (κ2) is 8.56. The molecule has 2 amide bonds. The van der Waals surface area contributed by atoms with E-state index >= 15 is 0 Å². The number of hydrogen-bond donors (Lipinski definition) is 4. The van der Waals surface area contributed by atoms with Crippen molar-refractivity contribution in [1.29, 1.82) is 0 Å². The monoisotopic (exact) mass is 299 g/mol. The normalized spacial score (nSPS) is 30.9. The minimum Gasteiger partial charge on any atom is -0.394 e. The fraction of sp³-hybridized carbons (Fsp3) is 0.933. The number of nitrogens with one attached hydrogen (secondary N) is 2. The van der Waals surface area contributed by atoms with Crippen molar-refractivity contribution in [2.45, 2.75) is 75.7 Å². The topological polar surface area (TPSA) is 96.6 Å². The van der Waals surface area contributed by atoms with Gasteiger partial charge in [0.15, 0.2) is 0 Å². The summed E-state index contributed by atoms with van der Waals surface area (Å²) >= 11 is 0. The maximum absolute atomic E-state index is 12.1. The van der Waals surface area contributed by atoms with Gasteiger partial charge >= 0.3 is 6.03 Å². The average molecular weight is 299 g/mol. The summed E-state index contributed by atoms with van der Waals surface area (Å²) in [5, 5.41) is 15.5. The molecular weight excluding hydrogens is 270 g/mol. The summed E-state index contributed by atoms with van der Waals surface area (Å²) in [4.78, 5) is 12.1. The van der Waals surface area contributed by atoms with E-state index in [0.29, 0.717) is 12.6 Å². The molecule has 6 nitrogen and oxygen atoms in total. The van der Waals surface area contributed by atoms with Crippen LogP contribution in [0.1, 0.15) is 51.4 Å². The Kier molecular flexibility index (Phi) is 6.73. The first-order chi connectivity index (χ1) is 10.2. The fourth-order valence-corrected chi connectivity index (χ4v) is 3.34. The molecule has 0 bridgehead atoms. The maximum atomic E-state index is 12.1. The van der Waals surface area contributed by atoms with Gasteiger partial charge in [-0.15, -0.1) is 0 Å². The highest BCUT2D eigenvalue weighted by atomic mass is 16.5. The molecule has 2 aliphatic rings. The average Bonchev–Trinajstić information content (AvgIpc) is 2.50. The van der Waals surface area contributed by atoms with Crippen LogP contribution in [-0.4, -0.2) is 48.6 Å². The predicted octanol–water partition coefficient (Wildman–Crippen LogP) is 0.876. The molecule has 0 aromatic rings. The third-order valence-corrected chi connectivity index (χ3v) is 4.54. The molecule has 1 aliphatic carbocycles. The quantitative estimate of drug-likeness (QED) is 0.606. The molecule has 1 saturated heterocycles. The van der Waals surface area contributed by atoms with Crippen molar-refractivity contribution in [1.82, 2.24) is 10.6 Å². The first kappa shape index (κ1) is 16.5. The molecule has 0 aromatic carbocycles. The number of urea groups is 1. The number of carbonyl (C=O) groups is 1. The molecular formula is C15H29N3O3. The van der Waals surface area contributed by atoms with Crippen LogP contribution in [-0.2, 0) is 4.74 Å². The lowest BCUT2D eigenvalue weighted by Gasteiger charge is -2.36. The summed E-state index contributed by atoms with van der Waals surface area (Å²) in [5.41, 5.74) is 5.54. The van der Waals surface area contributed by atoms with E-state index in [1.54, 1.807) is 0 Å². The van der Waals surface area contributed by atoms with Gasteiger partial charge in [-0.05, 0) is 38.6 Å². The van der Waals surface area contributed by atoms with Crippen molar-refractivity contribution in [3.63, 3.8) is 0 Å². The van der Waals surface area contributed by atoms with Crippen LogP contribution < -0.4 is 16.4 Å². The zero-order valence-corrected chi connectivity index (χ0v) is 12.7. The van der Waals surface area contributed by atoms with Crippen LogP contribution in [0.4, 0.5) is 4.79 Å². The third kappa shape index (κ3) is 5.13. The van der Waals surface area contributed by atoms with E-state index in [0.717, 1.165) is 32.1 Å². The number of aliphatic hydroxyl groups excluding tert-OH is 1. The molecule has 2 rings (SSSR count). The van der Waals surface area contributed by atoms with Gasteiger partial charge in [0.05, 0.1) is 18.8 Å². The van der Waals surface area contributed by atoms with Crippen molar-refractivity contribution in [3.05, 3.63) is 0 Å². The highest BCUT2D eigenvalue weighted by Crippen LogP contribution is 2.22. The second-order valence-electron chi connectivity index (χ2n) is 6.19. The molecule has 122 valence electrons. The zero-order chi connectivity index (χ0) is 15.1. The number of carbonyl (C=O) groups excluding carboxylic acids is 1. The lowest BCUT2D eigenvalue weighted by Crippen LogP contribution is -2.54. The van der Waals surface area contributed by atoms with E-state index in [-0.39, 0.29) is 30.9 Å². The Hall–Kier alpha value is -0.850. The van der Waals surface area contributed by atoms with E-state index in [1.807, 2.05) is 0 Å². The zero-order valence-electron chi connectivity index (χ0n) is 12.7. The van der Waals surface area contributed by atoms with Gasteiger partial charge in [-0.1, -0.05) is 19.3 Å². The highest BCUT2D eigenvalue weighted by Gasteiger charge is 2.31. The van der Waals surface area contributed by atoms with E-state index in [4.69, 9.17) is 10.5 Å². The van der Waals surface area contributed by atoms with Crippen molar-refractivity contribution in [2.75, 3.05) is 13.2 Å². The Morgan fingerprint density at radius 3 is 2.57 bits per heavy atom. The van der Waals surface area contributed by atoms with Crippen molar-refractivity contribution >= 4 is 6.03 Å². The van der Waals surface area contributed by atoms with E-state index in [2.05, 4.69) is 10.6 Å². The predicted molar refractivity (Wildman–Crippen MR) is 81.0 cm³/mol. The second-order valence-corrected chi connectivity index (χ2v) is 6.19. The minimum absolute atomic E-state index is 0.0740. The van der Waals surface area contributed by atoms with Gasteiger partial charge in [0, 0.05) is 6.04 Å². The number of hydrogen-bond acceptors (Lipinski definition) is 4. The van der Waals surface area contributed by atoms with Crippen molar-refractivity contribution < 1.29 is 14.6 Å². The van der Waals surface area contributed by atoms with Crippen LogP contribution in [0.15, 0.2) is 0 Å². The lowest BCUT2D eigenvalue weighted by atomic mass is 9.95. The van der Waals surface area contributed by atoms with Gasteiger partial charge in [0.1, 0.15) is 6.10 Å². The summed E-state index contributed by atoms with van der Waals surface area (Å²) in [6, 6.07) is 0.0414. The van der Waals surface area contributed by atoms with Gasteiger partial charge in [-0.25, -0.2) is 4.79 Å². The molecule has 0 unspecified atom stereocenters. The molecule has 1 heterocycles. The summed E-state index contributed by atoms with van der Waals surface area (Å²) < 4.78 is 5.81. The Balaban J connectivity index is 1.76.